The highest BCUT2D eigenvalue weighted by molar-refractivity contribution is 5.28. The second-order valence-corrected chi connectivity index (χ2v) is 4.50. The SMILES string of the molecule is Cc1c(OCc2ccccc2)c(=O)ccn1CC(O)O. The summed E-state index contributed by atoms with van der Waals surface area (Å²) in [4.78, 5) is 11.8. The largest absolute Gasteiger partial charge is 0.483 e. The fourth-order valence-corrected chi connectivity index (χ4v) is 1.93. The van der Waals surface area contributed by atoms with Crippen molar-refractivity contribution in [2.75, 3.05) is 0 Å². The Morgan fingerprint density at radius 2 is 1.90 bits per heavy atom. The van der Waals surface area contributed by atoms with Crippen LogP contribution in [0.1, 0.15) is 11.3 Å². The summed E-state index contributed by atoms with van der Waals surface area (Å²) in [6.07, 6.45) is 0.0464. The van der Waals surface area contributed by atoms with Crippen molar-refractivity contribution in [1.29, 1.82) is 0 Å². The molecular formula is C15H17NO4. The van der Waals surface area contributed by atoms with E-state index in [1.165, 1.54) is 12.3 Å². The Kier molecular flexibility index (Phi) is 4.55. The number of aromatic nitrogens is 1. The van der Waals surface area contributed by atoms with Crippen molar-refractivity contribution in [3.05, 3.63) is 64.1 Å². The molecule has 0 amide bonds. The van der Waals surface area contributed by atoms with Crippen molar-refractivity contribution in [3.8, 4) is 5.75 Å². The second kappa shape index (κ2) is 6.36. The van der Waals surface area contributed by atoms with Crippen LogP contribution in [0.4, 0.5) is 0 Å². The molecule has 0 aliphatic heterocycles. The van der Waals surface area contributed by atoms with Crippen molar-refractivity contribution in [2.45, 2.75) is 26.4 Å². The molecular weight excluding hydrogens is 258 g/mol. The molecule has 0 saturated carbocycles. The summed E-state index contributed by atoms with van der Waals surface area (Å²) in [6, 6.07) is 10.9. The summed E-state index contributed by atoms with van der Waals surface area (Å²) in [7, 11) is 0. The lowest BCUT2D eigenvalue weighted by Crippen LogP contribution is -2.20. The molecule has 0 unspecified atom stereocenters. The van der Waals surface area contributed by atoms with Crippen LogP contribution >= 0.6 is 0 Å². The molecule has 106 valence electrons. The Bertz CT molecular complexity index is 620. The maximum atomic E-state index is 11.8. The minimum absolute atomic E-state index is 0.00614. The van der Waals surface area contributed by atoms with E-state index < -0.39 is 6.29 Å². The van der Waals surface area contributed by atoms with Crippen molar-refractivity contribution in [1.82, 2.24) is 4.57 Å². The van der Waals surface area contributed by atoms with Gasteiger partial charge >= 0.3 is 0 Å². The number of nitrogens with zero attached hydrogens (tertiary/aromatic N) is 1. The molecule has 0 aliphatic carbocycles. The van der Waals surface area contributed by atoms with Gasteiger partial charge in [-0.3, -0.25) is 4.79 Å². The Hall–Kier alpha value is -2.11. The smallest absolute Gasteiger partial charge is 0.223 e. The van der Waals surface area contributed by atoms with E-state index in [9.17, 15) is 4.79 Å². The van der Waals surface area contributed by atoms with Crippen molar-refractivity contribution in [3.63, 3.8) is 0 Å². The monoisotopic (exact) mass is 275 g/mol. The van der Waals surface area contributed by atoms with Crippen LogP contribution in [-0.4, -0.2) is 21.1 Å². The zero-order chi connectivity index (χ0) is 14.5. The lowest BCUT2D eigenvalue weighted by atomic mass is 10.2. The summed E-state index contributed by atoms with van der Waals surface area (Å²) in [5.41, 5.74) is 1.31. The average Bonchev–Trinajstić information content (AvgIpc) is 2.43. The van der Waals surface area contributed by atoms with E-state index in [0.717, 1.165) is 5.56 Å². The van der Waals surface area contributed by atoms with Gasteiger partial charge < -0.3 is 19.5 Å². The Morgan fingerprint density at radius 1 is 1.20 bits per heavy atom. The van der Waals surface area contributed by atoms with E-state index in [4.69, 9.17) is 14.9 Å². The van der Waals surface area contributed by atoms with Crippen LogP contribution in [0, 0.1) is 6.92 Å². The molecule has 0 fully saturated rings. The zero-order valence-corrected chi connectivity index (χ0v) is 11.2. The molecule has 0 atom stereocenters. The molecule has 0 bridgehead atoms. The number of benzene rings is 1. The molecule has 2 N–H and O–H groups in total. The maximum absolute atomic E-state index is 11.8. The fraction of sp³-hybridized carbons (Fsp3) is 0.267. The van der Waals surface area contributed by atoms with E-state index >= 15 is 0 Å². The summed E-state index contributed by atoms with van der Waals surface area (Å²) in [5, 5.41) is 18.0. The van der Waals surface area contributed by atoms with E-state index in [2.05, 4.69) is 0 Å². The molecule has 1 aromatic carbocycles. The number of ether oxygens (including phenoxy) is 1. The number of hydrogen-bond acceptors (Lipinski definition) is 4. The van der Waals surface area contributed by atoms with Gasteiger partial charge in [0.15, 0.2) is 12.0 Å². The van der Waals surface area contributed by atoms with Crippen LogP contribution in [0.5, 0.6) is 5.75 Å². The molecule has 5 heteroatoms. The van der Waals surface area contributed by atoms with E-state index in [1.54, 1.807) is 11.5 Å². The summed E-state index contributed by atoms with van der Waals surface area (Å²) in [6.45, 7) is 2.00. The third-order valence-electron chi connectivity index (χ3n) is 2.98. The highest BCUT2D eigenvalue weighted by atomic mass is 16.5. The Labute approximate surface area is 116 Å². The van der Waals surface area contributed by atoms with Crippen molar-refractivity contribution < 1.29 is 14.9 Å². The first-order chi connectivity index (χ1) is 9.58. The Morgan fingerprint density at radius 3 is 2.55 bits per heavy atom. The highest BCUT2D eigenvalue weighted by Gasteiger charge is 2.10. The number of rotatable bonds is 5. The minimum Gasteiger partial charge on any atom is -0.483 e. The first-order valence-electron chi connectivity index (χ1n) is 6.31. The average molecular weight is 275 g/mol. The topological polar surface area (TPSA) is 71.7 Å². The molecule has 1 aromatic heterocycles. The lowest BCUT2D eigenvalue weighted by Gasteiger charge is -2.15. The minimum atomic E-state index is -1.47. The van der Waals surface area contributed by atoms with Crippen LogP contribution in [0.2, 0.25) is 0 Å². The molecule has 2 aromatic rings. The van der Waals surface area contributed by atoms with Crippen LogP contribution in [0.3, 0.4) is 0 Å². The Balaban J connectivity index is 2.20. The summed E-state index contributed by atoms with van der Waals surface area (Å²) in [5.74, 6) is 0.233. The number of aliphatic hydroxyl groups is 2. The number of pyridine rings is 1. The highest BCUT2D eigenvalue weighted by Crippen LogP contribution is 2.14. The number of aliphatic hydroxyl groups excluding tert-OH is 1. The number of hydrogen-bond donors (Lipinski definition) is 2. The predicted molar refractivity (Wildman–Crippen MR) is 74.4 cm³/mol. The van der Waals surface area contributed by atoms with Crippen LogP contribution in [0.15, 0.2) is 47.4 Å². The van der Waals surface area contributed by atoms with Gasteiger partial charge in [0.2, 0.25) is 5.43 Å². The van der Waals surface area contributed by atoms with Gasteiger partial charge in [0.1, 0.15) is 6.61 Å². The van der Waals surface area contributed by atoms with E-state index in [0.29, 0.717) is 12.3 Å². The fourth-order valence-electron chi connectivity index (χ4n) is 1.93. The van der Waals surface area contributed by atoms with Gasteiger partial charge in [-0.25, -0.2) is 0 Å². The standard InChI is InChI=1S/C15H17NO4/c1-11-15(20-10-12-5-3-2-4-6-12)13(17)7-8-16(11)9-14(18)19/h2-8,14,18-19H,9-10H2,1H3. The third kappa shape index (κ3) is 3.46. The quantitative estimate of drug-likeness (QED) is 0.800. The molecule has 0 spiro atoms. The molecule has 0 aliphatic rings. The van der Waals surface area contributed by atoms with Gasteiger partial charge in [-0.15, -0.1) is 0 Å². The van der Waals surface area contributed by atoms with E-state index in [1.807, 2.05) is 30.3 Å². The third-order valence-corrected chi connectivity index (χ3v) is 2.98. The molecule has 1 heterocycles. The molecule has 20 heavy (non-hydrogen) atoms. The summed E-state index contributed by atoms with van der Waals surface area (Å²) >= 11 is 0. The maximum Gasteiger partial charge on any atom is 0.223 e. The van der Waals surface area contributed by atoms with Crippen molar-refractivity contribution in [2.24, 2.45) is 0 Å². The first kappa shape index (κ1) is 14.3. The van der Waals surface area contributed by atoms with Crippen LogP contribution < -0.4 is 10.2 Å². The van der Waals surface area contributed by atoms with Crippen LogP contribution in [0.25, 0.3) is 0 Å². The molecule has 0 saturated heterocycles. The van der Waals surface area contributed by atoms with Gasteiger partial charge in [0, 0.05) is 12.3 Å². The lowest BCUT2D eigenvalue weighted by molar-refractivity contribution is -0.0518. The van der Waals surface area contributed by atoms with E-state index in [-0.39, 0.29) is 17.7 Å². The van der Waals surface area contributed by atoms with Crippen molar-refractivity contribution >= 4 is 0 Å². The first-order valence-corrected chi connectivity index (χ1v) is 6.31. The molecule has 0 radical (unpaired) electrons. The summed E-state index contributed by atoms with van der Waals surface area (Å²) < 4.78 is 7.16. The molecule has 5 nitrogen and oxygen atoms in total. The van der Waals surface area contributed by atoms with Gasteiger partial charge in [-0.1, -0.05) is 30.3 Å². The zero-order valence-electron chi connectivity index (χ0n) is 11.2. The normalized spacial score (nSPS) is 10.8. The second-order valence-electron chi connectivity index (χ2n) is 4.50. The van der Waals surface area contributed by atoms with Gasteiger partial charge in [0.05, 0.1) is 12.2 Å². The predicted octanol–water partition coefficient (Wildman–Crippen LogP) is 1.05. The van der Waals surface area contributed by atoms with Crippen LogP contribution in [-0.2, 0) is 13.2 Å². The van der Waals surface area contributed by atoms with Gasteiger partial charge in [-0.05, 0) is 12.5 Å². The van der Waals surface area contributed by atoms with Gasteiger partial charge in [0.25, 0.3) is 0 Å². The van der Waals surface area contributed by atoms with Gasteiger partial charge in [-0.2, -0.15) is 0 Å². The molecule has 2 rings (SSSR count).